The molecule has 0 saturated carbocycles. The standard InChI is InChI=1S/C20H17ClN4O2S/c1-2-12-3-8-16-14(10-18(26)27-17(16)9-12)11-28-20-24-23-19(25(20)22)13-4-6-15(21)7-5-13/h3-10H,2,11,22H2,1H3. The zero-order valence-corrected chi connectivity index (χ0v) is 16.6. The number of thioether (sulfide) groups is 1. The summed E-state index contributed by atoms with van der Waals surface area (Å²) in [6.45, 7) is 2.06. The molecule has 0 saturated heterocycles. The summed E-state index contributed by atoms with van der Waals surface area (Å²) in [6, 6.07) is 14.7. The highest BCUT2D eigenvalue weighted by atomic mass is 35.5. The van der Waals surface area contributed by atoms with Crippen LogP contribution in [0.3, 0.4) is 0 Å². The van der Waals surface area contributed by atoms with E-state index in [1.54, 1.807) is 12.1 Å². The molecule has 4 aromatic rings. The first kappa shape index (κ1) is 18.6. The second kappa shape index (κ2) is 7.69. The fraction of sp³-hybridized carbons (Fsp3) is 0.150. The molecule has 0 aliphatic heterocycles. The maximum absolute atomic E-state index is 12.0. The zero-order chi connectivity index (χ0) is 19.7. The third-order valence-electron chi connectivity index (χ3n) is 4.43. The molecule has 0 fully saturated rings. The molecule has 6 nitrogen and oxygen atoms in total. The Morgan fingerprint density at radius 2 is 1.93 bits per heavy atom. The number of rotatable bonds is 5. The Labute approximate surface area is 170 Å². The first-order valence-corrected chi connectivity index (χ1v) is 10.1. The molecule has 0 radical (unpaired) electrons. The summed E-state index contributed by atoms with van der Waals surface area (Å²) in [4.78, 5) is 12.0. The summed E-state index contributed by atoms with van der Waals surface area (Å²) in [5.74, 6) is 7.24. The van der Waals surface area contributed by atoms with Crippen molar-refractivity contribution in [1.29, 1.82) is 0 Å². The molecule has 2 N–H and O–H groups in total. The van der Waals surface area contributed by atoms with Gasteiger partial charge in [-0.15, -0.1) is 10.2 Å². The molecule has 8 heteroatoms. The average Bonchev–Trinajstić information content (AvgIpc) is 3.06. The normalized spacial score (nSPS) is 11.2. The molecule has 0 bridgehead atoms. The van der Waals surface area contributed by atoms with E-state index in [2.05, 4.69) is 17.1 Å². The van der Waals surface area contributed by atoms with Gasteiger partial charge >= 0.3 is 5.63 Å². The summed E-state index contributed by atoms with van der Waals surface area (Å²) in [6.07, 6.45) is 0.877. The predicted molar refractivity (Wildman–Crippen MR) is 112 cm³/mol. The molecule has 0 aliphatic carbocycles. The lowest BCUT2D eigenvalue weighted by molar-refractivity contribution is 0.559. The number of hydrogen-bond acceptors (Lipinski definition) is 6. The molecule has 28 heavy (non-hydrogen) atoms. The second-order valence-corrected chi connectivity index (χ2v) is 7.63. The molecule has 2 aromatic heterocycles. The predicted octanol–water partition coefficient (Wildman–Crippen LogP) is 4.27. The van der Waals surface area contributed by atoms with Gasteiger partial charge in [0, 0.05) is 27.8 Å². The number of hydrogen-bond donors (Lipinski definition) is 1. The minimum absolute atomic E-state index is 0.368. The third kappa shape index (κ3) is 3.63. The number of aryl methyl sites for hydroxylation is 1. The van der Waals surface area contributed by atoms with E-state index in [4.69, 9.17) is 21.9 Å². The molecule has 0 amide bonds. The van der Waals surface area contributed by atoms with E-state index in [9.17, 15) is 4.79 Å². The van der Waals surface area contributed by atoms with E-state index in [0.717, 1.165) is 28.5 Å². The lowest BCUT2D eigenvalue weighted by atomic mass is 10.1. The van der Waals surface area contributed by atoms with Crippen LogP contribution < -0.4 is 11.5 Å². The summed E-state index contributed by atoms with van der Waals surface area (Å²) in [7, 11) is 0. The van der Waals surface area contributed by atoms with Gasteiger partial charge in [0.1, 0.15) is 5.58 Å². The van der Waals surface area contributed by atoms with Crippen molar-refractivity contribution in [2.45, 2.75) is 24.3 Å². The highest BCUT2D eigenvalue weighted by molar-refractivity contribution is 7.98. The topological polar surface area (TPSA) is 86.9 Å². The SMILES string of the molecule is CCc1ccc2c(CSc3nnc(-c4ccc(Cl)cc4)n3N)cc(=O)oc2c1. The maximum Gasteiger partial charge on any atom is 0.336 e. The van der Waals surface area contributed by atoms with Gasteiger partial charge in [0.15, 0.2) is 5.82 Å². The van der Waals surface area contributed by atoms with Crippen LogP contribution in [-0.4, -0.2) is 14.9 Å². The van der Waals surface area contributed by atoms with Crippen LogP contribution in [0.5, 0.6) is 0 Å². The maximum atomic E-state index is 12.0. The minimum atomic E-state index is -0.368. The Bertz CT molecular complexity index is 1200. The summed E-state index contributed by atoms with van der Waals surface area (Å²) < 4.78 is 6.80. The zero-order valence-electron chi connectivity index (χ0n) is 15.1. The monoisotopic (exact) mass is 412 g/mol. The van der Waals surface area contributed by atoms with Gasteiger partial charge in [0.2, 0.25) is 5.16 Å². The fourth-order valence-electron chi connectivity index (χ4n) is 2.93. The van der Waals surface area contributed by atoms with Crippen LogP contribution >= 0.6 is 23.4 Å². The second-order valence-electron chi connectivity index (χ2n) is 6.25. The molecule has 4 rings (SSSR count). The summed E-state index contributed by atoms with van der Waals surface area (Å²) in [5, 5.41) is 10.5. The molecular formula is C20H17ClN4O2S. The van der Waals surface area contributed by atoms with E-state index in [1.165, 1.54) is 22.5 Å². The van der Waals surface area contributed by atoms with Gasteiger partial charge in [-0.2, -0.15) is 0 Å². The number of aromatic nitrogens is 3. The molecule has 0 aliphatic rings. The fourth-order valence-corrected chi connectivity index (χ4v) is 3.90. The number of nitrogen functional groups attached to an aromatic ring is 1. The highest BCUT2D eigenvalue weighted by Gasteiger charge is 2.14. The van der Waals surface area contributed by atoms with E-state index < -0.39 is 0 Å². The van der Waals surface area contributed by atoms with Crippen molar-refractivity contribution in [3.63, 3.8) is 0 Å². The smallest absolute Gasteiger partial charge is 0.336 e. The number of fused-ring (bicyclic) bond motifs is 1. The van der Waals surface area contributed by atoms with E-state index in [0.29, 0.717) is 27.3 Å². The van der Waals surface area contributed by atoms with Crippen LogP contribution in [0.15, 0.2) is 62.9 Å². The van der Waals surface area contributed by atoms with E-state index in [1.807, 2.05) is 30.3 Å². The molecule has 2 aromatic carbocycles. The van der Waals surface area contributed by atoms with E-state index >= 15 is 0 Å². The number of nitrogens with two attached hydrogens (primary N) is 1. The largest absolute Gasteiger partial charge is 0.423 e. The van der Waals surface area contributed by atoms with Crippen LogP contribution in [-0.2, 0) is 12.2 Å². The van der Waals surface area contributed by atoms with Crippen molar-refractivity contribution in [3.05, 3.63) is 75.1 Å². The van der Waals surface area contributed by atoms with Crippen molar-refractivity contribution in [2.24, 2.45) is 0 Å². The van der Waals surface area contributed by atoms with Crippen molar-refractivity contribution in [1.82, 2.24) is 14.9 Å². The van der Waals surface area contributed by atoms with Gasteiger partial charge in [-0.25, -0.2) is 9.47 Å². The average molecular weight is 413 g/mol. The van der Waals surface area contributed by atoms with Crippen LogP contribution in [0.4, 0.5) is 0 Å². The van der Waals surface area contributed by atoms with Crippen LogP contribution in [0.1, 0.15) is 18.1 Å². The summed E-state index contributed by atoms with van der Waals surface area (Å²) >= 11 is 7.34. The quantitative estimate of drug-likeness (QED) is 0.299. The number of nitrogens with zero attached hydrogens (tertiary/aromatic N) is 3. The van der Waals surface area contributed by atoms with Crippen LogP contribution in [0.25, 0.3) is 22.4 Å². The molecule has 2 heterocycles. The van der Waals surface area contributed by atoms with Crippen molar-refractivity contribution >= 4 is 34.3 Å². The van der Waals surface area contributed by atoms with Crippen molar-refractivity contribution in [3.8, 4) is 11.4 Å². The highest BCUT2D eigenvalue weighted by Crippen LogP contribution is 2.28. The Morgan fingerprint density at radius 3 is 2.68 bits per heavy atom. The Morgan fingerprint density at radius 1 is 1.14 bits per heavy atom. The van der Waals surface area contributed by atoms with Crippen molar-refractivity contribution < 1.29 is 4.42 Å². The van der Waals surface area contributed by atoms with Gasteiger partial charge in [0.05, 0.1) is 0 Å². The molecule has 0 spiro atoms. The van der Waals surface area contributed by atoms with Gasteiger partial charge in [-0.3, -0.25) is 0 Å². The molecule has 0 atom stereocenters. The lowest BCUT2D eigenvalue weighted by Gasteiger charge is -2.07. The van der Waals surface area contributed by atoms with Gasteiger partial charge < -0.3 is 10.3 Å². The van der Waals surface area contributed by atoms with Crippen molar-refractivity contribution in [2.75, 3.05) is 5.84 Å². The lowest BCUT2D eigenvalue weighted by Crippen LogP contribution is -2.11. The Hall–Kier alpha value is -2.77. The first-order valence-electron chi connectivity index (χ1n) is 8.70. The molecule has 142 valence electrons. The van der Waals surface area contributed by atoms with Gasteiger partial charge in [-0.05, 0) is 47.9 Å². The van der Waals surface area contributed by atoms with Gasteiger partial charge in [-0.1, -0.05) is 42.4 Å². The minimum Gasteiger partial charge on any atom is -0.423 e. The summed E-state index contributed by atoms with van der Waals surface area (Å²) in [5.41, 5.74) is 3.04. The molecular weight excluding hydrogens is 396 g/mol. The Kier molecular flexibility index (Phi) is 5.11. The first-order chi connectivity index (χ1) is 13.5. The van der Waals surface area contributed by atoms with Gasteiger partial charge in [0.25, 0.3) is 0 Å². The molecule has 0 unspecified atom stereocenters. The number of halogens is 1. The third-order valence-corrected chi connectivity index (χ3v) is 5.67. The van der Waals surface area contributed by atoms with Crippen LogP contribution in [0, 0.1) is 0 Å². The van der Waals surface area contributed by atoms with E-state index in [-0.39, 0.29) is 5.63 Å². The van der Waals surface area contributed by atoms with Crippen LogP contribution in [0.2, 0.25) is 5.02 Å². The Balaban J connectivity index is 1.62. The number of benzene rings is 2.